The summed E-state index contributed by atoms with van der Waals surface area (Å²) in [6, 6.07) is 5.45. The summed E-state index contributed by atoms with van der Waals surface area (Å²) in [6.45, 7) is 7.94. The second kappa shape index (κ2) is 5.01. The van der Waals surface area contributed by atoms with Crippen LogP contribution in [-0.2, 0) is 12.8 Å². The molecule has 1 aliphatic heterocycles. The molecule has 16 heavy (non-hydrogen) atoms. The van der Waals surface area contributed by atoms with Gasteiger partial charge >= 0.3 is 0 Å². The molecule has 1 aromatic rings. The molecule has 1 nitrogen and oxygen atoms in total. The molecular formula is C15H23N. The van der Waals surface area contributed by atoms with Crippen LogP contribution in [0.1, 0.15) is 42.0 Å². The Bertz CT molecular complexity index is 362. The molecule has 88 valence electrons. The Balaban J connectivity index is 2.20. The van der Waals surface area contributed by atoms with Gasteiger partial charge in [0, 0.05) is 6.04 Å². The molecule has 1 aliphatic rings. The van der Waals surface area contributed by atoms with Gasteiger partial charge in [0.15, 0.2) is 0 Å². The SMILES string of the molecule is CCc1cc(C)c(C)c(CC2CCCN2)c1. The fourth-order valence-electron chi connectivity index (χ4n) is 2.63. The minimum atomic E-state index is 0.713. The minimum Gasteiger partial charge on any atom is -0.314 e. The summed E-state index contributed by atoms with van der Waals surface area (Å²) < 4.78 is 0. The zero-order valence-corrected chi connectivity index (χ0v) is 10.8. The van der Waals surface area contributed by atoms with Crippen LogP contribution in [0.25, 0.3) is 0 Å². The molecule has 0 radical (unpaired) electrons. The van der Waals surface area contributed by atoms with E-state index in [1.54, 1.807) is 5.56 Å². The number of hydrogen-bond acceptors (Lipinski definition) is 1. The van der Waals surface area contributed by atoms with Crippen LogP contribution in [0.2, 0.25) is 0 Å². The third-order valence-electron chi connectivity index (χ3n) is 3.87. The zero-order valence-electron chi connectivity index (χ0n) is 10.8. The van der Waals surface area contributed by atoms with Crippen LogP contribution in [-0.4, -0.2) is 12.6 Å². The van der Waals surface area contributed by atoms with Gasteiger partial charge in [-0.2, -0.15) is 0 Å². The maximum atomic E-state index is 3.59. The summed E-state index contributed by atoms with van der Waals surface area (Å²) >= 11 is 0. The molecule has 1 aromatic carbocycles. The molecule has 0 amide bonds. The van der Waals surface area contributed by atoms with Gasteiger partial charge in [0.25, 0.3) is 0 Å². The standard InChI is InChI=1S/C15H23N/c1-4-13-8-11(2)12(3)14(9-13)10-15-6-5-7-16-15/h8-9,15-16H,4-7,10H2,1-3H3. The predicted octanol–water partition coefficient (Wildman–Crippen LogP) is 3.16. The lowest BCUT2D eigenvalue weighted by molar-refractivity contribution is 0.601. The predicted molar refractivity (Wildman–Crippen MR) is 70.0 cm³/mol. The van der Waals surface area contributed by atoms with Crippen LogP contribution >= 0.6 is 0 Å². The van der Waals surface area contributed by atoms with Crippen LogP contribution in [0.4, 0.5) is 0 Å². The van der Waals surface area contributed by atoms with Crippen LogP contribution in [0, 0.1) is 13.8 Å². The van der Waals surface area contributed by atoms with Crippen molar-refractivity contribution in [2.75, 3.05) is 6.54 Å². The summed E-state index contributed by atoms with van der Waals surface area (Å²) in [5.74, 6) is 0. The molecule has 0 bridgehead atoms. The molecule has 0 saturated carbocycles. The molecule has 0 aromatic heterocycles. The molecule has 1 N–H and O–H groups in total. The van der Waals surface area contributed by atoms with Crippen molar-refractivity contribution >= 4 is 0 Å². The second-order valence-corrected chi connectivity index (χ2v) is 5.05. The lowest BCUT2D eigenvalue weighted by atomic mass is 9.94. The summed E-state index contributed by atoms with van der Waals surface area (Å²) in [5, 5.41) is 3.59. The van der Waals surface area contributed by atoms with Gasteiger partial charge in [-0.05, 0) is 68.3 Å². The van der Waals surface area contributed by atoms with E-state index < -0.39 is 0 Å². The number of benzene rings is 1. The Morgan fingerprint density at radius 3 is 2.75 bits per heavy atom. The van der Waals surface area contributed by atoms with E-state index in [2.05, 4.69) is 38.2 Å². The number of rotatable bonds is 3. The Labute approximate surface area is 99.3 Å². The lowest BCUT2D eigenvalue weighted by Crippen LogP contribution is -2.24. The average molecular weight is 217 g/mol. The third-order valence-corrected chi connectivity index (χ3v) is 3.87. The summed E-state index contributed by atoms with van der Waals surface area (Å²) in [6.07, 6.45) is 5.04. The number of hydrogen-bond donors (Lipinski definition) is 1. The van der Waals surface area contributed by atoms with E-state index in [1.165, 1.54) is 42.5 Å². The largest absolute Gasteiger partial charge is 0.314 e. The van der Waals surface area contributed by atoms with E-state index in [0.29, 0.717) is 6.04 Å². The van der Waals surface area contributed by atoms with Gasteiger partial charge in [0.2, 0.25) is 0 Å². The number of nitrogens with one attached hydrogen (secondary N) is 1. The lowest BCUT2D eigenvalue weighted by Gasteiger charge is -2.15. The van der Waals surface area contributed by atoms with Crippen LogP contribution in [0.5, 0.6) is 0 Å². The Kier molecular flexibility index (Phi) is 3.65. The second-order valence-electron chi connectivity index (χ2n) is 5.05. The first-order valence-corrected chi connectivity index (χ1v) is 6.53. The first-order chi connectivity index (χ1) is 7.70. The van der Waals surface area contributed by atoms with Crippen LogP contribution in [0.15, 0.2) is 12.1 Å². The van der Waals surface area contributed by atoms with Gasteiger partial charge in [-0.1, -0.05) is 19.1 Å². The first-order valence-electron chi connectivity index (χ1n) is 6.53. The molecule has 1 unspecified atom stereocenters. The normalized spacial score (nSPS) is 20.3. The molecule has 2 rings (SSSR count). The number of aryl methyl sites for hydroxylation is 2. The van der Waals surface area contributed by atoms with Crippen molar-refractivity contribution in [3.8, 4) is 0 Å². The smallest absolute Gasteiger partial charge is 0.0108 e. The van der Waals surface area contributed by atoms with Crippen molar-refractivity contribution in [1.82, 2.24) is 5.32 Å². The van der Waals surface area contributed by atoms with Crippen molar-refractivity contribution in [3.05, 3.63) is 34.4 Å². The molecule has 0 aliphatic carbocycles. The Morgan fingerprint density at radius 2 is 2.12 bits per heavy atom. The monoisotopic (exact) mass is 217 g/mol. The van der Waals surface area contributed by atoms with Crippen molar-refractivity contribution in [2.45, 2.75) is 52.5 Å². The van der Waals surface area contributed by atoms with E-state index >= 15 is 0 Å². The molecule has 1 heteroatoms. The molecule has 1 saturated heterocycles. The van der Waals surface area contributed by atoms with Gasteiger partial charge in [0.1, 0.15) is 0 Å². The van der Waals surface area contributed by atoms with E-state index in [0.717, 1.165) is 6.42 Å². The summed E-state index contributed by atoms with van der Waals surface area (Å²) in [7, 11) is 0. The van der Waals surface area contributed by atoms with Crippen molar-refractivity contribution in [2.24, 2.45) is 0 Å². The van der Waals surface area contributed by atoms with Gasteiger partial charge in [-0.15, -0.1) is 0 Å². The fourth-order valence-corrected chi connectivity index (χ4v) is 2.63. The fraction of sp³-hybridized carbons (Fsp3) is 0.600. The van der Waals surface area contributed by atoms with Gasteiger partial charge in [-0.3, -0.25) is 0 Å². The average Bonchev–Trinajstić information content (AvgIpc) is 2.77. The van der Waals surface area contributed by atoms with Gasteiger partial charge in [0.05, 0.1) is 0 Å². The van der Waals surface area contributed by atoms with Gasteiger partial charge < -0.3 is 5.32 Å². The van der Waals surface area contributed by atoms with Crippen molar-refractivity contribution < 1.29 is 0 Å². The van der Waals surface area contributed by atoms with Crippen LogP contribution in [0.3, 0.4) is 0 Å². The van der Waals surface area contributed by atoms with Crippen LogP contribution < -0.4 is 5.32 Å². The maximum Gasteiger partial charge on any atom is 0.0108 e. The highest BCUT2D eigenvalue weighted by Crippen LogP contribution is 2.20. The molecular weight excluding hydrogens is 194 g/mol. The highest BCUT2D eigenvalue weighted by Gasteiger charge is 2.16. The maximum absolute atomic E-state index is 3.59. The van der Waals surface area contributed by atoms with Crippen molar-refractivity contribution in [3.63, 3.8) is 0 Å². The minimum absolute atomic E-state index is 0.713. The zero-order chi connectivity index (χ0) is 11.5. The highest BCUT2D eigenvalue weighted by atomic mass is 14.9. The highest BCUT2D eigenvalue weighted by molar-refractivity contribution is 5.38. The van der Waals surface area contributed by atoms with Gasteiger partial charge in [-0.25, -0.2) is 0 Å². The molecule has 1 atom stereocenters. The summed E-state index contributed by atoms with van der Waals surface area (Å²) in [4.78, 5) is 0. The molecule has 1 heterocycles. The Morgan fingerprint density at radius 1 is 1.31 bits per heavy atom. The van der Waals surface area contributed by atoms with Crippen molar-refractivity contribution in [1.29, 1.82) is 0 Å². The topological polar surface area (TPSA) is 12.0 Å². The summed E-state index contributed by atoms with van der Waals surface area (Å²) in [5.41, 5.74) is 5.98. The van der Waals surface area contributed by atoms with E-state index in [9.17, 15) is 0 Å². The van der Waals surface area contributed by atoms with E-state index in [1.807, 2.05) is 0 Å². The first kappa shape index (κ1) is 11.7. The Hall–Kier alpha value is -0.820. The quantitative estimate of drug-likeness (QED) is 0.820. The molecule has 0 spiro atoms. The third kappa shape index (κ3) is 2.46. The van der Waals surface area contributed by atoms with E-state index in [-0.39, 0.29) is 0 Å². The van der Waals surface area contributed by atoms with E-state index in [4.69, 9.17) is 0 Å². The molecule has 1 fully saturated rings.